The molecule has 2 aliphatic heterocycles. The van der Waals surface area contributed by atoms with E-state index in [1.165, 1.54) is 0 Å². The third-order valence-electron chi connectivity index (χ3n) is 4.54. The maximum Gasteiger partial charge on any atom is 0.254 e. The van der Waals surface area contributed by atoms with Gasteiger partial charge in [-0.15, -0.1) is 11.6 Å². The highest BCUT2D eigenvalue weighted by Gasteiger charge is 2.42. The first kappa shape index (κ1) is 13.7. The van der Waals surface area contributed by atoms with E-state index in [1.807, 2.05) is 43.3 Å². The number of piperidine rings is 1. The first-order chi connectivity index (χ1) is 9.56. The normalized spacial score (nSPS) is 28.6. The molecule has 20 heavy (non-hydrogen) atoms. The molecule has 2 atom stereocenters. The second-order valence-electron chi connectivity index (χ2n) is 6.11. The van der Waals surface area contributed by atoms with E-state index in [0.29, 0.717) is 12.1 Å². The zero-order valence-electron chi connectivity index (χ0n) is 12.1. The number of fused-ring (bicyclic) bond motifs is 2. The van der Waals surface area contributed by atoms with Crippen molar-refractivity contribution < 1.29 is 4.79 Å². The van der Waals surface area contributed by atoms with Crippen LogP contribution in [0.15, 0.2) is 24.3 Å². The Hall–Kier alpha value is -1.22. The molecule has 1 amide bonds. The van der Waals surface area contributed by atoms with Gasteiger partial charge in [0.1, 0.15) is 0 Å². The van der Waals surface area contributed by atoms with Crippen molar-refractivity contribution in [1.29, 1.82) is 0 Å². The fraction of sp³-hybridized carbons (Fsp3) is 0.562. The van der Waals surface area contributed by atoms with Gasteiger partial charge in [0.15, 0.2) is 0 Å². The summed E-state index contributed by atoms with van der Waals surface area (Å²) in [5, 5.41) is 0.243. The minimum atomic E-state index is 0.173. The van der Waals surface area contributed by atoms with E-state index in [4.69, 9.17) is 11.6 Å². The average molecular weight is 293 g/mol. The lowest BCUT2D eigenvalue weighted by Gasteiger charge is -2.37. The Morgan fingerprint density at radius 3 is 2.20 bits per heavy atom. The number of rotatable bonds is 2. The predicted octanol–water partition coefficient (Wildman–Crippen LogP) is 3.13. The molecule has 0 N–H and O–H groups in total. The van der Waals surface area contributed by atoms with Gasteiger partial charge in [-0.1, -0.05) is 0 Å². The fourth-order valence-corrected chi connectivity index (χ4v) is 3.90. The van der Waals surface area contributed by atoms with Gasteiger partial charge < -0.3 is 9.80 Å². The summed E-state index contributed by atoms with van der Waals surface area (Å²) in [7, 11) is 4.00. The van der Waals surface area contributed by atoms with E-state index >= 15 is 0 Å². The SMILES string of the molecule is CN(C)c1ccc(C(=O)N2C3CCC2CC(Cl)C3)cc1. The Bertz CT molecular complexity index is 486. The van der Waals surface area contributed by atoms with Crippen molar-refractivity contribution >= 4 is 23.2 Å². The van der Waals surface area contributed by atoms with Gasteiger partial charge in [0, 0.05) is 42.8 Å². The zero-order valence-corrected chi connectivity index (χ0v) is 12.8. The van der Waals surface area contributed by atoms with Crippen molar-refractivity contribution in [3.05, 3.63) is 29.8 Å². The Kier molecular flexibility index (Phi) is 3.63. The minimum Gasteiger partial charge on any atom is -0.378 e. The summed E-state index contributed by atoms with van der Waals surface area (Å²) in [6.45, 7) is 0. The van der Waals surface area contributed by atoms with Gasteiger partial charge in [0.05, 0.1) is 0 Å². The number of alkyl halides is 1. The van der Waals surface area contributed by atoms with E-state index in [1.54, 1.807) is 0 Å². The Morgan fingerprint density at radius 2 is 1.70 bits per heavy atom. The molecule has 2 unspecified atom stereocenters. The van der Waals surface area contributed by atoms with Gasteiger partial charge in [0.2, 0.25) is 0 Å². The molecule has 108 valence electrons. The molecule has 1 aromatic rings. The standard InChI is InChI=1S/C16H21ClN2O/c1-18(2)13-5-3-11(4-6-13)16(20)19-14-7-8-15(19)10-12(17)9-14/h3-6,12,14-15H,7-10H2,1-2H3. The fourth-order valence-electron chi connectivity index (χ4n) is 3.49. The summed E-state index contributed by atoms with van der Waals surface area (Å²) in [5.41, 5.74) is 1.91. The second kappa shape index (κ2) is 5.28. The van der Waals surface area contributed by atoms with Crippen LogP contribution >= 0.6 is 11.6 Å². The van der Waals surface area contributed by atoms with Gasteiger partial charge in [-0.3, -0.25) is 4.79 Å². The number of carbonyl (C=O) groups excluding carboxylic acids is 1. The van der Waals surface area contributed by atoms with Gasteiger partial charge in [-0.25, -0.2) is 0 Å². The van der Waals surface area contributed by atoms with Crippen LogP contribution in [0.2, 0.25) is 0 Å². The van der Waals surface area contributed by atoms with Crippen LogP contribution in [0.25, 0.3) is 0 Å². The quantitative estimate of drug-likeness (QED) is 0.782. The van der Waals surface area contributed by atoms with Crippen LogP contribution < -0.4 is 4.90 Å². The van der Waals surface area contributed by atoms with Crippen molar-refractivity contribution in [1.82, 2.24) is 4.90 Å². The molecule has 0 spiro atoms. The number of nitrogens with zero attached hydrogens (tertiary/aromatic N) is 2. The average Bonchev–Trinajstić information content (AvgIpc) is 2.70. The number of anilines is 1. The smallest absolute Gasteiger partial charge is 0.254 e. The predicted molar refractivity (Wildman–Crippen MR) is 82.6 cm³/mol. The lowest BCUT2D eigenvalue weighted by molar-refractivity contribution is 0.0599. The molecule has 2 aliphatic rings. The van der Waals surface area contributed by atoms with Crippen LogP contribution in [0.3, 0.4) is 0 Å². The topological polar surface area (TPSA) is 23.6 Å². The third-order valence-corrected chi connectivity index (χ3v) is 4.90. The van der Waals surface area contributed by atoms with Gasteiger partial charge in [-0.2, -0.15) is 0 Å². The number of carbonyl (C=O) groups is 1. The summed E-state index contributed by atoms with van der Waals surface area (Å²) < 4.78 is 0. The first-order valence-electron chi connectivity index (χ1n) is 7.30. The molecule has 0 saturated carbocycles. The van der Waals surface area contributed by atoms with Crippen LogP contribution in [0.5, 0.6) is 0 Å². The zero-order chi connectivity index (χ0) is 14.3. The van der Waals surface area contributed by atoms with Crippen molar-refractivity contribution in [3.8, 4) is 0 Å². The number of halogens is 1. The molecule has 0 radical (unpaired) electrons. The van der Waals surface area contributed by atoms with Gasteiger partial charge in [-0.05, 0) is 49.9 Å². The summed E-state index contributed by atoms with van der Waals surface area (Å²) in [6.07, 6.45) is 4.10. The van der Waals surface area contributed by atoms with E-state index < -0.39 is 0 Å². The number of hydrogen-bond donors (Lipinski definition) is 0. The second-order valence-corrected chi connectivity index (χ2v) is 6.72. The lowest BCUT2D eigenvalue weighted by Crippen LogP contribution is -2.46. The molecule has 0 aliphatic carbocycles. The van der Waals surface area contributed by atoms with Crippen molar-refractivity contribution in [2.45, 2.75) is 43.1 Å². The van der Waals surface area contributed by atoms with Crippen molar-refractivity contribution in [3.63, 3.8) is 0 Å². The molecular weight excluding hydrogens is 272 g/mol. The molecule has 2 saturated heterocycles. The first-order valence-corrected chi connectivity index (χ1v) is 7.74. The third kappa shape index (κ3) is 2.39. The largest absolute Gasteiger partial charge is 0.378 e. The molecule has 1 aromatic carbocycles. The molecule has 3 nitrogen and oxygen atoms in total. The maximum absolute atomic E-state index is 12.7. The lowest BCUT2D eigenvalue weighted by atomic mass is 10.0. The van der Waals surface area contributed by atoms with Crippen molar-refractivity contribution in [2.75, 3.05) is 19.0 Å². The number of hydrogen-bond acceptors (Lipinski definition) is 2. The van der Waals surface area contributed by atoms with Crippen molar-refractivity contribution in [2.24, 2.45) is 0 Å². The summed E-state index contributed by atoms with van der Waals surface area (Å²) in [4.78, 5) is 16.8. The Labute approximate surface area is 125 Å². The molecule has 0 aromatic heterocycles. The van der Waals surface area contributed by atoms with Gasteiger partial charge >= 0.3 is 0 Å². The number of benzene rings is 1. The summed E-state index contributed by atoms with van der Waals surface area (Å²) in [5.74, 6) is 0.173. The highest BCUT2D eigenvalue weighted by atomic mass is 35.5. The summed E-state index contributed by atoms with van der Waals surface area (Å²) >= 11 is 6.27. The van der Waals surface area contributed by atoms with E-state index in [0.717, 1.165) is 36.9 Å². The molecule has 2 heterocycles. The Balaban J connectivity index is 1.79. The molecule has 2 bridgehead atoms. The van der Waals surface area contributed by atoms with Crippen LogP contribution in [0, 0.1) is 0 Å². The molecule has 2 fully saturated rings. The molecule has 4 heteroatoms. The van der Waals surface area contributed by atoms with Crippen LogP contribution in [-0.4, -0.2) is 42.4 Å². The van der Waals surface area contributed by atoms with E-state index in [2.05, 4.69) is 4.90 Å². The minimum absolute atomic E-state index is 0.173. The summed E-state index contributed by atoms with van der Waals surface area (Å²) in [6, 6.07) is 8.57. The monoisotopic (exact) mass is 292 g/mol. The van der Waals surface area contributed by atoms with Crippen LogP contribution in [-0.2, 0) is 0 Å². The van der Waals surface area contributed by atoms with E-state index in [-0.39, 0.29) is 11.3 Å². The maximum atomic E-state index is 12.7. The molecular formula is C16H21ClN2O. The molecule has 3 rings (SSSR count). The highest BCUT2D eigenvalue weighted by molar-refractivity contribution is 6.20. The number of amides is 1. The van der Waals surface area contributed by atoms with Crippen LogP contribution in [0.4, 0.5) is 5.69 Å². The highest BCUT2D eigenvalue weighted by Crippen LogP contribution is 2.38. The van der Waals surface area contributed by atoms with E-state index in [9.17, 15) is 4.79 Å². The van der Waals surface area contributed by atoms with Crippen LogP contribution in [0.1, 0.15) is 36.0 Å². The van der Waals surface area contributed by atoms with Gasteiger partial charge in [0.25, 0.3) is 5.91 Å². The Morgan fingerprint density at radius 1 is 1.15 bits per heavy atom.